The van der Waals surface area contributed by atoms with Gasteiger partial charge in [-0.3, -0.25) is 10.1 Å². The zero-order valence-corrected chi connectivity index (χ0v) is 13.9. The van der Waals surface area contributed by atoms with Crippen molar-refractivity contribution < 1.29 is 4.79 Å². The zero-order chi connectivity index (χ0) is 15.4. The van der Waals surface area contributed by atoms with Crippen LogP contribution in [0.4, 0.5) is 0 Å². The summed E-state index contributed by atoms with van der Waals surface area (Å²) in [4.78, 5) is 14.7. The van der Waals surface area contributed by atoms with E-state index in [1.807, 2.05) is 29.2 Å². The van der Waals surface area contributed by atoms with Crippen LogP contribution in [0.15, 0.2) is 24.3 Å². The lowest BCUT2D eigenvalue weighted by Gasteiger charge is -2.30. The van der Waals surface area contributed by atoms with Crippen LogP contribution in [0.3, 0.4) is 0 Å². The average molecular weight is 309 g/mol. The summed E-state index contributed by atoms with van der Waals surface area (Å²) in [5.41, 5.74) is 1.11. The van der Waals surface area contributed by atoms with Crippen LogP contribution in [0.5, 0.6) is 0 Å². The molecule has 1 amide bonds. The predicted molar refractivity (Wildman–Crippen MR) is 87.2 cm³/mol. The maximum Gasteiger partial charge on any atom is 0.241 e. The smallest absolute Gasteiger partial charge is 0.241 e. The van der Waals surface area contributed by atoms with Crippen LogP contribution < -0.4 is 5.32 Å². The van der Waals surface area contributed by atoms with Gasteiger partial charge in [0, 0.05) is 11.1 Å². The molecule has 4 heteroatoms. The molecule has 0 bridgehead atoms. The maximum atomic E-state index is 12.7. The van der Waals surface area contributed by atoms with Gasteiger partial charge in [0.15, 0.2) is 0 Å². The first-order valence-electron chi connectivity index (χ1n) is 7.92. The molecule has 3 unspecified atom stereocenters. The van der Waals surface area contributed by atoms with E-state index in [1.54, 1.807) is 0 Å². The normalized spacial score (nSPS) is 23.6. The first kappa shape index (κ1) is 16.3. The minimum absolute atomic E-state index is 0.0344. The van der Waals surface area contributed by atoms with Crippen LogP contribution in [-0.4, -0.2) is 22.9 Å². The molecule has 0 aliphatic carbocycles. The fourth-order valence-corrected chi connectivity index (χ4v) is 3.20. The Bertz CT molecular complexity index is 474. The summed E-state index contributed by atoms with van der Waals surface area (Å²) >= 11 is 5.97. The van der Waals surface area contributed by atoms with Crippen molar-refractivity contribution in [1.29, 1.82) is 0 Å². The van der Waals surface area contributed by atoms with E-state index in [0.29, 0.717) is 0 Å². The molecule has 1 aliphatic heterocycles. The van der Waals surface area contributed by atoms with Gasteiger partial charge in [0.1, 0.15) is 6.17 Å². The van der Waals surface area contributed by atoms with E-state index in [1.165, 1.54) is 0 Å². The summed E-state index contributed by atoms with van der Waals surface area (Å²) in [6.07, 6.45) is 3.96. The number of carbonyl (C=O) groups excluding carboxylic acids is 1. The Labute approximate surface area is 132 Å². The molecule has 1 fully saturated rings. The van der Waals surface area contributed by atoms with Crippen molar-refractivity contribution in [1.82, 2.24) is 10.2 Å². The molecule has 1 N–H and O–H groups in total. The molecule has 0 saturated carbocycles. The highest BCUT2D eigenvalue weighted by Crippen LogP contribution is 2.30. The quantitative estimate of drug-likeness (QED) is 0.857. The van der Waals surface area contributed by atoms with Crippen molar-refractivity contribution in [3.63, 3.8) is 0 Å². The SMILES string of the molecule is CCCC1NC(c2ccc(Cl)cc2)N(C(C)CCC)C1=O. The molecule has 116 valence electrons. The third kappa shape index (κ3) is 3.58. The monoisotopic (exact) mass is 308 g/mol. The highest BCUT2D eigenvalue weighted by Gasteiger charge is 2.40. The molecule has 0 spiro atoms. The van der Waals surface area contributed by atoms with Gasteiger partial charge in [0.05, 0.1) is 6.04 Å². The van der Waals surface area contributed by atoms with Gasteiger partial charge in [0.25, 0.3) is 0 Å². The van der Waals surface area contributed by atoms with E-state index in [4.69, 9.17) is 11.6 Å². The fraction of sp³-hybridized carbons (Fsp3) is 0.588. The van der Waals surface area contributed by atoms with Gasteiger partial charge in [-0.1, -0.05) is 50.4 Å². The molecule has 3 atom stereocenters. The van der Waals surface area contributed by atoms with Gasteiger partial charge in [-0.15, -0.1) is 0 Å². The predicted octanol–water partition coefficient (Wildman–Crippen LogP) is 4.13. The lowest BCUT2D eigenvalue weighted by atomic mass is 10.1. The first-order valence-corrected chi connectivity index (χ1v) is 8.30. The van der Waals surface area contributed by atoms with E-state index < -0.39 is 0 Å². The number of amides is 1. The average Bonchev–Trinajstić information content (AvgIpc) is 2.78. The van der Waals surface area contributed by atoms with E-state index >= 15 is 0 Å². The third-order valence-electron chi connectivity index (χ3n) is 4.13. The molecule has 3 nitrogen and oxygen atoms in total. The molecule has 0 aromatic heterocycles. The molecule has 1 saturated heterocycles. The summed E-state index contributed by atoms with van der Waals surface area (Å²) in [7, 11) is 0. The molecule has 21 heavy (non-hydrogen) atoms. The Balaban J connectivity index is 2.26. The summed E-state index contributed by atoms with van der Waals surface area (Å²) < 4.78 is 0. The van der Waals surface area contributed by atoms with Gasteiger partial charge in [0.2, 0.25) is 5.91 Å². The topological polar surface area (TPSA) is 32.3 Å². The fourth-order valence-electron chi connectivity index (χ4n) is 3.08. The Morgan fingerprint density at radius 3 is 2.48 bits per heavy atom. The molecule has 1 aromatic rings. The van der Waals surface area contributed by atoms with Gasteiger partial charge in [-0.05, 0) is 37.5 Å². The molecule has 1 aliphatic rings. The summed E-state index contributed by atoms with van der Waals surface area (Å²) in [5, 5.41) is 4.22. The number of rotatable bonds is 6. The van der Waals surface area contributed by atoms with E-state index in [0.717, 1.165) is 36.3 Å². The highest BCUT2D eigenvalue weighted by molar-refractivity contribution is 6.30. The molecular weight excluding hydrogens is 284 g/mol. The molecular formula is C17H25ClN2O. The van der Waals surface area contributed by atoms with Crippen molar-refractivity contribution >= 4 is 17.5 Å². The second kappa shape index (κ2) is 7.28. The minimum atomic E-state index is -0.0602. The van der Waals surface area contributed by atoms with Gasteiger partial charge >= 0.3 is 0 Å². The Morgan fingerprint density at radius 2 is 1.90 bits per heavy atom. The van der Waals surface area contributed by atoms with Gasteiger partial charge < -0.3 is 4.90 Å². The number of benzene rings is 1. The van der Waals surface area contributed by atoms with E-state index in [2.05, 4.69) is 26.1 Å². The Morgan fingerprint density at radius 1 is 1.24 bits per heavy atom. The van der Waals surface area contributed by atoms with E-state index in [9.17, 15) is 4.79 Å². The number of nitrogens with zero attached hydrogens (tertiary/aromatic N) is 1. The largest absolute Gasteiger partial charge is 0.319 e. The summed E-state index contributed by atoms with van der Waals surface area (Å²) in [5.74, 6) is 0.234. The highest BCUT2D eigenvalue weighted by atomic mass is 35.5. The number of hydrogen-bond acceptors (Lipinski definition) is 2. The van der Waals surface area contributed by atoms with Crippen LogP contribution in [0.1, 0.15) is 58.2 Å². The molecule has 2 rings (SSSR count). The van der Waals surface area contributed by atoms with Crippen molar-refractivity contribution in [3.05, 3.63) is 34.9 Å². The lowest BCUT2D eigenvalue weighted by molar-refractivity contribution is -0.132. The number of carbonyl (C=O) groups is 1. The zero-order valence-electron chi connectivity index (χ0n) is 13.1. The molecule has 0 radical (unpaired) electrons. The second-order valence-electron chi connectivity index (χ2n) is 5.85. The van der Waals surface area contributed by atoms with Crippen LogP contribution in [0, 0.1) is 0 Å². The maximum absolute atomic E-state index is 12.7. The van der Waals surface area contributed by atoms with Crippen LogP contribution in [0.25, 0.3) is 0 Å². The minimum Gasteiger partial charge on any atom is -0.319 e. The standard InChI is InChI=1S/C17H25ClN2O/c1-4-6-12(3)20-16(13-8-10-14(18)11-9-13)19-15(7-5-2)17(20)21/h8-12,15-16,19H,4-7H2,1-3H3. The number of hydrogen-bond donors (Lipinski definition) is 1. The Hall–Kier alpha value is -1.06. The lowest BCUT2D eigenvalue weighted by Crippen LogP contribution is -2.38. The molecule has 1 heterocycles. The van der Waals surface area contributed by atoms with Gasteiger partial charge in [-0.25, -0.2) is 0 Å². The van der Waals surface area contributed by atoms with Gasteiger partial charge in [-0.2, -0.15) is 0 Å². The summed E-state index contributed by atoms with van der Waals surface area (Å²) in [6.45, 7) is 6.41. The second-order valence-corrected chi connectivity index (χ2v) is 6.28. The Kier molecular flexibility index (Phi) is 5.65. The van der Waals surface area contributed by atoms with E-state index in [-0.39, 0.29) is 24.2 Å². The first-order chi connectivity index (χ1) is 10.1. The van der Waals surface area contributed by atoms with Crippen molar-refractivity contribution in [3.8, 4) is 0 Å². The third-order valence-corrected chi connectivity index (χ3v) is 4.39. The van der Waals surface area contributed by atoms with Crippen LogP contribution >= 0.6 is 11.6 Å². The number of halogens is 1. The van der Waals surface area contributed by atoms with Crippen LogP contribution in [0.2, 0.25) is 5.02 Å². The van der Waals surface area contributed by atoms with Crippen LogP contribution in [-0.2, 0) is 4.79 Å². The summed E-state index contributed by atoms with van der Waals surface area (Å²) in [6, 6.07) is 7.98. The molecule has 1 aromatic carbocycles. The number of nitrogens with one attached hydrogen (secondary N) is 1. The van der Waals surface area contributed by atoms with Crippen molar-refractivity contribution in [2.45, 2.75) is 64.7 Å². The van der Waals surface area contributed by atoms with Crippen molar-refractivity contribution in [2.24, 2.45) is 0 Å². The van der Waals surface area contributed by atoms with Crippen molar-refractivity contribution in [2.75, 3.05) is 0 Å².